The van der Waals surface area contributed by atoms with Crippen molar-refractivity contribution < 1.29 is 19.1 Å². The van der Waals surface area contributed by atoms with E-state index in [0.717, 1.165) is 24.0 Å². The maximum absolute atomic E-state index is 14.5. The Labute approximate surface area is 231 Å². The first kappa shape index (κ1) is 33.5. The molecule has 0 bridgehead atoms. The van der Waals surface area contributed by atoms with Crippen molar-refractivity contribution in [3.05, 3.63) is 35.4 Å². The van der Waals surface area contributed by atoms with E-state index in [-0.39, 0.29) is 23.8 Å². The third kappa shape index (κ3) is 11.0. The van der Waals surface area contributed by atoms with Crippen LogP contribution in [0, 0.1) is 18.8 Å². The Morgan fingerprint density at radius 3 is 2.05 bits per heavy atom. The van der Waals surface area contributed by atoms with Crippen LogP contribution in [0.4, 0.5) is 4.79 Å². The molecular formula is C31H53N3O4. The van der Waals surface area contributed by atoms with Crippen molar-refractivity contribution in [1.82, 2.24) is 15.5 Å². The lowest BCUT2D eigenvalue weighted by Gasteiger charge is -2.40. The highest BCUT2D eigenvalue weighted by Gasteiger charge is 2.41. The summed E-state index contributed by atoms with van der Waals surface area (Å²) in [6.45, 7) is 23.3. The number of nitrogens with one attached hydrogen (secondary N) is 2. The van der Waals surface area contributed by atoms with E-state index in [0.29, 0.717) is 12.3 Å². The first-order valence-corrected chi connectivity index (χ1v) is 14.1. The van der Waals surface area contributed by atoms with Crippen LogP contribution in [0.15, 0.2) is 24.3 Å². The van der Waals surface area contributed by atoms with E-state index in [1.807, 2.05) is 72.7 Å². The number of aryl methyl sites for hydroxylation is 1. The van der Waals surface area contributed by atoms with Gasteiger partial charge in [0, 0.05) is 11.6 Å². The minimum Gasteiger partial charge on any atom is -0.444 e. The van der Waals surface area contributed by atoms with Crippen molar-refractivity contribution in [3.8, 4) is 0 Å². The van der Waals surface area contributed by atoms with Crippen LogP contribution in [0.2, 0.25) is 0 Å². The number of nitrogens with zero attached hydrogens (tertiary/aromatic N) is 1. The van der Waals surface area contributed by atoms with Gasteiger partial charge in [0.1, 0.15) is 17.7 Å². The van der Waals surface area contributed by atoms with E-state index in [9.17, 15) is 14.4 Å². The summed E-state index contributed by atoms with van der Waals surface area (Å²) < 4.78 is 5.51. The van der Waals surface area contributed by atoms with Crippen molar-refractivity contribution in [3.63, 3.8) is 0 Å². The Kier molecular flexibility index (Phi) is 12.3. The molecule has 0 aromatic heterocycles. The number of carbonyl (C=O) groups is 3. The lowest BCUT2D eigenvalue weighted by molar-refractivity contribution is -0.146. The smallest absolute Gasteiger partial charge is 0.408 e. The lowest BCUT2D eigenvalue weighted by Crippen LogP contribution is -2.58. The van der Waals surface area contributed by atoms with Crippen molar-refractivity contribution in [2.45, 2.75) is 132 Å². The van der Waals surface area contributed by atoms with Gasteiger partial charge in [0.25, 0.3) is 0 Å². The fourth-order valence-electron chi connectivity index (χ4n) is 4.31. The molecule has 4 unspecified atom stereocenters. The Morgan fingerprint density at radius 1 is 0.974 bits per heavy atom. The maximum atomic E-state index is 14.5. The van der Waals surface area contributed by atoms with Crippen LogP contribution in [-0.2, 0) is 14.3 Å². The van der Waals surface area contributed by atoms with Crippen molar-refractivity contribution in [2.75, 3.05) is 0 Å². The van der Waals surface area contributed by atoms with Gasteiger partial charge < -0.3 is 20.3 Å². The maximum Gasteiger partial charge on any atom is 0.408 e. The SMILES string of the molecule is CCC(C)C(NC(=O)OC(C)(C)C)C(=O)N(C(C)CCC(C)C)C(C(=O)NC(C)(C)C)c1cccc(C)c1. The van der Waals surface area contributed by atoms with Gasteiger partial charge in [-0.3, -0.25) is 9.59 Å². The fourth-order valence-corrected chi connectivity index (χ4v) is 4.31. The number of rotatable bonds is 11. The molecule has 1 aromatic rings. The highest BCUT2D eigenvalue weighted by atomic mass is 16.6. The van der Waals surface area contributed by atoms with Gasteiger partial charge in [-0.05, 0) is 85.6 Å². The Bertz CT molecular complexity index is 930. The van der Waals surface area contributed by atoms with E-state index in [4.69, 9.17) is 4.74 Å². The summed E-state index contributed by atoms with van der Waals surface area (Å²) in [7, 11) is 0. The monoisotopic (exact) mass is 531 g/mol. The molecule has 0 saturated carbocycles. The zero-order valence-corrected chi connectivity index (χ0v) is 25.9. The van der Waals surface area contributed by atoms with Crippen molar-refractivity contribution >= 4 is 17.9 Å². The molecule has 0 aliphatic heterocycles. The first-order valence-electron chi connectivity index (χ1n) is 14.1. The molecule has 0 fully saturated rings. The Balaban J connectivity index is 3.69. The zero-order chi connectivity index (χ0) is 29.4. The topological polar surface area (TPSA) is 87.7 Å². The molecule has 0 heterocycles. The summed E-state index contributed by atoms with van der Waals surface area (Å²) >= 11 is 0. The molecule has 2 N–H and O–H groups in total. The van der Waals surface area contributed by atoms with Gasteiger partial charge in [0.05, 0.1) is 0 Å². The number of alkyl carbamates (subject to hydrolysis) is 1. The van der Waals surface area contributed by atoms with E-state index < -0.39 is 29.3 Å². The minimum absolute atomic E-state index is 0.168. The van der Waals surface area contributed by atoms with Crippen LogP contribution < -0.4 is 10.6 Å². The van der Waals surface area contributed by atoms with Gasteiger partial charge in [-0.15, -0.1) is 0 Å². The largest absolute Gasteiger partial charge is 0.444 e. The van der Waals surface area contributed by atoms with Crippen LogP contribution >= 0.6 is 0 Å². The van der Waals surface area contributed by atoms with Gasteiger partial charge in [-0.1, -0.05) is 63.9 Å². The number of hydrogen-bond acceptors (Lipinski definition) is 4. The summed E-state index contributed by atoms with van der Waals surface area (Å²) in [6, 6.07) is 5.81. The van der Waals surface area contributed by atoms with Crippen LogP contribution in [0.5, 0.6) is 0 Å². The third-order valence-corrected chi connectivity index (χ3v) is 6.43. The Hall–Kier alpha value is -2.57. The summed E-state index contributed by atoms with van der Waals surface area (Å²) in [6.07, 6.45) is 1.66. The second-order valence-electron chi connectivity index (χ2n) is 13.1. The summed E-state index contributed by atoms with van der Waals surface area (Å²) in [5.41, 5.74) is 0.564. The fraction of sp³-hybridized carbons (Fsp3) is 0.710. The standard InChI is InChI=1S/C31H53N3O4/c1-13-22(5)25(32-29(37)38-31(10,11)12)28(36)34(23(6)18-17-20(2)3)26(27(35)33-30(7,8)9)24-16-14-15-21(4)19-24/h14-16,19-20,22-23,25-26H,13,17-18H2,1-12H3,(H,32,37)(H,33,35). The first-order chi connectivity index (χ1) is 17.4. The molecule has 3 amide bonds. The number of benzene rings is 1. The normalized spacial score (nSPS) is 15.3. The summed E-state index contributed by atoms with van der Waals surface area (Å²) in [5.74, 6) is -0.246. The molecule has 4 atom stereocenters. The lowest BCUT2D eigenvalue weighted by atomic mass is 9.92. The number of amides is 3. The molecule has 0 spiro atoms. The van der Waals surface area contributed by atoms with E-state index in [1.165, 1.54) is 0 Å². The average Bonchev–Trinajstić information content (AvgIpc) is 2.75. The number of hydrogen-bond donors (Lipinski definition) is 2. The van der Waals surface area contributed by atoms with Crippen LogP contribution in [-0.4, -0.2) is 46.0 Å². The molecular weight excluding hydrogens is 478 g/mol. The predicted octanol–water partition coefficient (Wildman–Crippen LogP) is 6.54. The number of carbonyl (C=O) groups excluding carboxylic acids is 3. The highest BCUT2D eigenvalue weighted by molar-refractivity contribution is 5.92. The average molecular weight is 532 g/mol. The molecule has 0 aliphatic rings. The third-order valence-electron chi connectivity index (χ3n) is 6.43. The Morgan fingerprint density at radius 2 is 1.58 bits per heavy atom. The van der Waals surface area contributed by atoms with Gasteiger partial charge in [0.2, 0.25) is 11.8 Å². The van der Waals surface area contributed by atoms with E-state index in [2.05, 4.69) is 24.5 Å². The van der Waals surface area contributed by atoms with Crippen LogP contribution in [0.3, 0.4) is 0 Å². The van der Waals surface area contributed by atoms with Crippen molar-refractivity contribution in [1.29, 1.82) is 0 Å². The summed E-state index contributed by atoms with van der Waals surface area (Å²) in [4.78, 5) is 42.9. The molecule has 1 rings (SSSR count). The molecule has 1 aromatic carbocycles. The summed E-state index contributed by atoms with van der Waals surface area (Å²) in [5, 5.41) is 5.95. The van der Waals surface area contributed by atoms with Crippen molar-refractivity contribution in [2.24, 2.45) is 11.8 Å². The zero-order valence-electron chi connectivity index (χ0n) is 25.9. The molecule has 7 nitrogen and oxygen atoms in total. The van der Waals surface area contributed by atoms with Gasteiger partial charge in [-0.2, -0.15) is 0 Å². The second kappa shape index (κ2) is 14.0. The van der Waals surface area contributed by atoms with Crippen LogP contribution in [0.25, 0.3) is 0 Å². The minimum atomic E-state index is -0.851. The molecule has 0 saturated heterocycles. The molecule has 0 radical (unpaired) electrons. The van der Waals surface area contributed by atoms with Gasteiger partial charge >= 0.3 is 6.09 Å². The molecule has 216 valence electrons. The second-order valence-corrected chi connectivity index (χ2v) is 13.1. The van der Waals surface area contributed by atoms with E-state index in [1.54, 1.807) is 25.7 Å². The van der Waals surface area contributed by atoms with Gasteiger partial charge in [0.15, 0.2) is 0 Å². The van der Waals surface area contributed by atoms with E-state index >= 15 is 0 Å². The highest BCUT2D eigenvalue weighted by Crippen LogP contribution is 2.30. The van der Waals surface area contributed by atoms with Crippen LogP contribution in [0.1, 0.15) is 113 Å². The van der Waals surface area contributed by atoms with Gasteiger partial charge in [-0.25, -0.2) is 4.79 Å². The molecule has 38 heavy (non-hydrogen) atoms. The molecule has 0 aliphatic carbocycles. The quantitative estimate of drug-likeness (QED) is 0.339. The molecule has 7 heteroatoms. The predicted molar refractivity (Wildman–Crippen MR) is 155 cm³/mol. The number of ether oxygens (including phenoxy) is 1.